The summed E-state index contributed by atoms with van der Waals surface area (Å²) in [6.07, 6.45) is 0.828. The number of hydrogen-bond donors (Lipinski definition) is 1. The summed E-state index contributed by atoms with van der Waals surface area (Å²) in [6, 6.07) is 21.7. The first-order valence-electron chi connectivity index (χ1n) is 11.0. The molecule has 176 valence electrons. The molecule has 34 heavy (non-hydrogen) atoms. The lowest BCUT2D eigenvalue weighted by Gasteiger charge is -2.30. The van der Waals surface area contributed by atoms with Gasteiger partial charge in [0.25, 0.3) is 5.91 Å². The zero-order chi connectivity index (χ0) is 23.8. The quantitative estimate of drug-likeness (QED) is 0.416. The lowest BCUT2D eigenvalue weighted by atomic mass is 10.2. The molecular weight excluding hydrogens is 456 g/mol. The maximum atomic E-state index is 12.5. The third-order valence-corrected chi connectivity index (χ3v) is 5.39. The van der Waals surface area contributed by atoms with Crippen molar-refractivity contribution < 1.29 is 23.8 Å². The van der Waals surface area contributed by atoms with Crippen LogP contribution in [0.2, 0.25) is 5.02 Å². The number of hydrogen-bond acceptors (Lipinski definition) is 5. The van der Waals surface area contributed by atoms with Crippen LogP contribution >= 0.6 is 11.6 Å². The number of carbonyl (C=O) groups excluding carboxylic acids is 2. The fourth-order valence-electron chi connectivity index (χ4n) is 3.47. The Morgan fingerprint density at radius 3 is 2.50 bits per heavy atom. The Kier molecular flexibility index (Phi) is 7.88. The number of halogens is 1. The van der Waals surface area contributed by atoms with Crippen LogP contribution in [-0.2, 0) is 9.59 Å². The van der Waals surface area contributed by atoms with Gasteiger partial charge >= 0.3 is 0 Å². The van der Waals surface area contributed by atoms with Crippen LogP contribution in [0.5, 0.6) is 17.2 Å². The van der Waals surface area contributed by atoms with Gasteiger partial charge in [0.05, 0.1) is 25.3 Å². The number of para-hydroxylation sites is 1. The molecular formula is C26H25ClN2O5. The Morgan fingerprint density at radius 1 is 0.971 bits per heavy atom. The maximum Gasteiger partial charge on any atom is 0.265 e. The van der Waals surface area contributed by atoms with Gasteiger partial charge in [0.2, 0.25) is 5.91 Å². The summed E-state index contributed by atoms with van der Waals surface area (Å²) in [4.78, 5) is 26.5. The van der Waals surface area contributed by atoms with Crippen LogP contribution in [0.25, 0.3) is 0 Å². The molecule has 3 aromatic carbocycles. The molecule has 0 aliphatic carbocycles. The second-order valence-corrected chi connectivity index (χ2v) is 8.07. The van der Waals surface area contributed by atoms with Gasteiger partial charge < -0.3 is 24.4 Å². The summed E-state index contributed by atoms with van der Waals surface area (Å²) in [5.41, 5.74) is 1.21. The second-order valence-electron chi connectivity index (χ2n) is 7.63. The summed E-state index contributed by atoms with van der Waals surface area (Å²) in [5.74, 6) is 1.72. The standard InChI is InChI=1S/C26H25ClN2O5/c27-19-7-10-22(11-8-19)32-15-4-14-29-23-17-20(9-12-24(23)34-18-26(29)31)28-25(30)13-16-33-21-5-2-1-3-6-21/h1-3,5-12,17H,4,13-16,18H2,(H,28,30). The molecule has 3 aromatic rings. The van der Waals surface area contributed by atoms with Crippen molar-refractivity contribution in [2.45, 2.75) is 12.8 Å². The fraction of sp³-hybridized carbons (Fsp3) is 0.231. The predicted molar refractivity (Wildman–Crippen MR) is 131 cm³/mol. The zero-order valence-corrected chi connectivity index (χ0v) is 19.3. The predicted octanol–water partition coefficient (Wildman–Crippen LogP) is 4.94. The highest BCUT2D eigenvalue weighted by Gasteiger charge is 2.25. The van der Waals surface area contributed by atoms with Crippen molar-refractivity contribution in [3.05, 3.63) is 77.8 Å². The van der Waals surface area contributed by atoms with E-state index in [1.54, 1.807) is 47.4 Å². The van der Waals surface area contributed by atoms with Crippen molar-refractivity contribution in [1.29, 1.82) is 0 Å². The fourth-order valence-corrected chi connectivity index (χ4v) is 3.60. The minimum absolute atomic E-state index is 0.0203. The van der Waals surface area contributed by atoms with E-state index in [0.717, 1.165) is 11.5 Å². The van der Waals surface area contributed by atoms with Crippen molar-refractivity contribution in [3.63, 3.8) is 0 Å². The Bertz CT molecular complexity index is 1120. The molecule has 1 aliphatic heterocycles. The van der Waals surface area contributed by atoms with Gasteiger partial charge in [-0.1, -0.05) is 29.8 Å². The van der Waals surface area contributed by atoms with Crippen molar-refractivity contribution in [2.24, 2.45) is 0 Å². The summed E-state index contributed by atoms with van der Waals surface area (Å²) in [6.45, 7) is 1.15. The van der Waals surface area contributed by atoms with E-state index in [0.29, 0.717) is 41.7 Å². The third kappa shape index (κ3) is 6.42. The molecule has 0 aromatic heterocycles. The van der Waals surface area contributed by atoms with Crippen molar-refractivity contribution in [2.75, 3.05) is 36.6 Å². The summed E-state index contributed by atoms with van der Waals surface area (Å²) in [7, 11) is 0. The van der Waals surface area contributed by atoms with Crippen LogP contribution in [0.3, 0.4) is 0 Å². The van der Waals surface area contributed by atoms with Crippen molar-refractivity contribution >= 4 is 34.8 Å². The minimum Gasteiger partial charge on any atom is -0.494 e. The molecule has 0 fully saturated rings. The van der Waals surface area contributed by atoms with Gasteiger partial charge in [-0.15, -0.1) is 0 Å². The number of anilines is 2. The van der Waals surface area contributed by atoms with Crippen LogP contribution in [0, 0.1) is 0 Å². The van der Waals surface area contributed by atoms with Crippen LogP contribution in [0.15, 0.2) is 72.8 Å². The van der Waals surface area contributed by atoms with Crippen LogP contribution in [-0.4, -0.2) is 38.2 Å². The van der Waals surface area contributed by atoms with Crippen molar-refractivity contribution in [1.82, 2.24) is 0 Å². The highest BCUT2D eigenvalue weighted by Crippen LogP contribution is 2.34. The molecule has 0 spiro atoms. The van der Waals surface area contributed by atoms with Crippen LogP contribution < -0.4 is 24.4 Å². The number of amides is 2. The van der Waals surface area contributed by atoms with Crippen LogP contribution in [0.4, 0.5) is 11.4 Å². The molecule has 0 unspecified atom stereocenters. The first-order chi connectivity index (χ1) is 16.6. The van der Waals surface area contributed by atoms with E-state index in [9.17, 15) is 9.59 Å². The molecule has 0 radical (unpaired) electrons. The first kappa shape index (κ1) is 23.4. The van der Waals surface area contributed by atoms with E-state index in [-0.39, 0.29) is 31.4 Å². The van der Waals surface area contributed by atoms with Crippen LogP contribution in [0.1, 0.15) is 12.8 Å². The van der Waals surface area contributed by atoms with Gasteiger partial charge in [-0.2, -0.15) is 0 Å². The highest BCUT2D eigenvalue weighted by molar-refractivity contribution is 6.30. The molecule has 1 heterocycles. The average Bonchev–Trinajstić information content (AvgIpc) is 2.84. The smallest absolute Gasteiger partial charge is 0.265 e. The zero-order valence-electron chi connectivity index (χ0n) is 18.5. The molecule has 1 N–H and O–H groups in total. The number of nitrogens with zero attached hydrogens (tertiary/aromatic N) is 1. The number of nitrogens with one attached hydrogen (secondary N) is 1. The van der Waals surface area contributed by atoms with E-state index >= 15 is 0 Å². The maximum absolute atomic E-state index is 12.5. The van der Waals surface area contributed by atoms with Gasteiger partial charge in [-0.3, -0.25) is 9.59 Å². The molecule has 0 bridgehead atoms. The van der Waals surface area contributed by atoms with E-state index in [1.165, 1.54) is 0 Å². The monoisotopic (exact) mass is 480 g/mol. The van der Waals surface area contributed by atoms with E-state index in [4.69, 9.17) is 25.8 Å². The van der Waals surface area contributed by atoms with Crippen molar-refractivity contribution in [3.8, 4) is 17.2 Å². The summed E-state index contributed by atoms with van der Waals surface area (Å²) < 4.78 is 16.9. The number of rotatable bonds is 10. The third-order valence-electron chi connectivity index (χ3n) is 5.14. The largest absolute Gasteiger partial charge is 0.494 e. The average molecular weight is 481 g/mol. The first-order valence-corrected chi connectivity index (χ1v) is 11.4. The summed E-state index contributed by atoms with van der Waals surface area (Å²) in [5, 5.41) is 3.51. The summed E-state index contributed by atoms with van der Waals surface area (Å²) >= 11 is 5.89. The lowest BCUT2D eigenvalue weighted by molar-refractivity contribution is -0.121. The Morgan fingerprint density at radius 2 is 1.71 bits per heavy atom. The number of benzene rings is 3. The molecule has 4 rings (SSSR count). The number of carbonyl (C=O) groups is 2. The SMILES string of the molecule is O=C(CCOc1ccccc1)Nc1ccc2c(c1)N(CCCOc1ccc(Cl)cc1)C(=O)CO2. The Labute approximate surface area is 203 Å². The second kappa shape index (κ2) is 11.4. The van der Waals surface area contributed by atoms with Gasteiger partial charge in [-0.25, -0.2) is 0 Å². The molecule has 0 saturated heterocycles. The topological polar surface area (TPSA) is 77.1 Å². The molecule has 8 heteroatoms. The van der Waals surface area contributed by atoms with Gasteiger partial charge in [0.1, 0.15) is 17.2 Å². The molecule has 2 amide bonds. The Balaban J connectivity index is 1.31. The van der Waals surface area contributed by atoms with E-state index in [1.807, 2.05) is 30.3 Å². The number of fused-ring (bicyclic) bond motifs is 1. The van der Waals surface area contributed by atoms with Gasteiger partial charge in [0.15, 0.2) is 6.61 Å². The minimum atomic E-state index is -0.179. The Hall–Kier alpha value is -3.71. The highest BCUT2D eigenvalue weighted by atomic mass is 35.5. The molecule has 0 atom stereocenters. The van der Waals surface area contributed by atoms with E-state index < -0.39 is 0 Å². The van der Waals surface area contributed by atoms with Gasteiger partial charge in [0, 0.05) is 17.3 Å². The molecule has 1 aliphatic rings. The normalized spacial score (nSPS) is 12.5. The molecule has 0 saturated carbocycles. The molecule has 7 nitrogen and oxygen atoms in total. The number of ether oxygens (including phenoxy) is 3. The van der Waals surface area contributed by atoms with Gasteiger partial charge in [-0.05, 0) is 61.0 Å². The lowest BCUT2D eigenvalue weighted by Crippen LogP contribution is -2.39. The van der Waals surface area contributed by atoms with E-state index in [2.05, 4.69) is 5.32 Å².